The fraction of sp³-hybridized carbons (Fsp3) is 0.227. The number of aromatic amines is 1. The van der Waals surface area contributed by atoms with E-state index in [-0.39, 0.29) is 11.9 Å². The summed E-state index contributed by atoms with van der Waals surface area (Å²) in [5.74, 6) is 0.795. The van der Waals surface area contributed by atoms with Crippen molar-refractivity contribution in [1.82, 2.24) is 10.3 Å². The zero-order valence-corrected chi connectivity index (χ0v) is 16.2. The van der Waals surface area contributed by atoms with Crippen LogP contribution in [0.3, 0.4) is 0 Å². The van der Waals surface area contributed by atoms with Gasteiger partial charge in [0, 0.05) is 17.3 Å². The summed E-state index contributed by atoms with van der Waals surface area (Å²) >= 11 is 1.71. The predicted octanol–water partition coefficient (Wildman–Crippen LogP) is 5.61. The first-order valence-electron chi connectivity index (χ1n) is 9.09. The summed E-state index contributed by atoms with van der Waals surface area (Å²) in [6.07, 6.45) is 2.75. The third-order valence-electron chi connectivity index (χ3n) is 4.78. The molecule has 4 rings (SSSR count). The summed E-state index contributed by atoms with van der Waals surface area (Å²) in [5, 5.41) is 6.29. The van der Waals surface area contributed by atoms with Gasteiger partial charge < -0.3 is 14.7 Å². The van der Waals surface area contributed by atoms with Crippen LogP contribution in [0.15, 0.2) is 58.5 Å². The van der Waals surface area contributed by atoms with Crippen LogP contribution < -0.4 is 5.32 Å². The van der Waals surface area contributed by atoms with Crippen molar-refractivity contribution in [3.63, 3.8) is 0 Å². The third kappa shape index (κ3) is 3.69. The number of carbonyl (C=O) groups is 1. The lowest BCUT2D eigenvalue weighted by atomic mass is 10.0. The smallest absolute Gasteiger partial charge is 0.220 e. The molecular formula is C22H22N2O2S. The minimum absolute atomic E-state index is 0.0260. The number of rotatable bonds is 6. The number of furan rings is 1. The average Bonchev–Trinajstić information content (AvgIpc) is 3.39. The molecule has 3 aromatic heterocycles. The van der Waals surface area contributed by atoms with Crippen molar-refractivity contribution in [2.75, 3.05) is 0 Å². The molecule has 0 saturated carbocycles. The molecule has 3 heterocycles. The normalized spacial score (nSPS) is 12.4. The van der Waals surface area contributed by atoms with Gasteiger partial charge in [0.1, 0.15) is 5.76 Å². The molecule has 0 bridgehead atoms. The average molecular weight is 378 g/mol. The molecule has 0 spiro atoms. The summed E-state index contributed by atoms with van der Waals surface area (Å²) in [6, 6.07) is 14.2. The van der Waals surface area contributed by atoms with Crippen LogP contribution in [-0.4, -0.2) is 10.9 Å². The van der Waals surface area contributed by atoms with E-state index in [1.807, 2.05) is 19.1 Å². The lowest BCUT2D eigenvalue weighted by Crippen LogP contribution is -2.26. The number of benzene rings is 1. The molecule has 27 heavy (non-hydrogen) atoms. The fourth-order valence-corrected chi connectivity index (χ4v) is 4.17. The largest absolute Gasteiger partial charge is 0.467 e. The number of amides is 1. The van der Waals surface area contributed by atoms with Gasteiger partial charge in [-0.2, -0.15) is 0 Å². The molecule has 4 nitrogen and oxygen atoms in total. The Bertz CT molecular complexity index is 1050. The molecule has 2 N–H and O–H groups in total. The van der Waals surface area contributed by atoms with E-state index < -0.39 is 0 Å². The van der Waals surface area contributed by atoms with Gasteiger partial charge in [0.2, 0.25) is 5.91 Å². The molecular weight excluding hydrogens is 356 g/mol. The van der Waals surface area contributed by atoms with Crippen LogP contribution in [0.25, 0.3) is 21.5 Å². The minimum atomic E-state index is -0.130. The number of aryl methyl sites for hydroxylation is 2. The highest BCUT2D eigenvalue weighted by Crippen LogP contribution is 2.34. The highest BCUT2D eigenvalue weighted by molar-refractivity contribution is 7.13. The molecule has 0 saturated heterocycles. The molecule has 1 amide bonds. The second kappa shape index (κ2) is 7.45. The zero-order chi connectivity index (χ0) is 18.8. The van der Waals surface area contributed by atoms with E-state index in [2.05, 4.69) is 52.9 Å². The van der Waals surface area contributed by atoms with Gasteiger partial charge in [0.15, 0.2) is 0 Å². The molecule has 0 aliphatic heterocycles. The molecule has 0 radical (unpaired) electrons. The number of nitrogens with one attached hydrogen (secondary N) is 2. The fourth-order valence-electron chi connectivity index (χ4n) is 3.41. The first-order chi connectivity index (χ1) is 13.1. The summed E-state index contributed by atoms with van der Waals surface area (Å²) in [6.45, 7) is 4.03. The SMILES string of the molecule is Cc1ccc2[nH]c(-c3cccs3)c(CCC(=O)N[C@H](C)c3ccco3)c2c1. The number of hydrogen-bond acceptors (Lipinski definition) is 3. The Morgan fingerprint density at radius 1 is 1.26 bits per heavy atom. The van der Waals surface area contributed by atoms with E-state index in [0.717, 1.165) is 17.0 Å². The van der Waals surface area contributed by atoms with Crippen molar-refractivity contribution in [2.45, 2.75) is 32.7 Å². The molecule has 1 aromatic carbocycles. The van der Waals surface area contributed by atoms with Crippen LogP contribution in [0.2, 0.25) is 0 Å². The van der Waals surface area contributed by atoms with Crippen LogP contribution in [0.5, 0.6) is 0 Å². The van der Waals surface area contributed by atoms with Gasteiger partial charge in [-0.15, -0.1) is 11.3 Å². The van der Waals surface area contributed by atoms with E-state index in [1.54, 1.807) is 17.6 Å². The first kappa shape index (κ1) is 17.6. The van der Waals surface area contributed by atoms with Crippen molar-refractivity contribution in [1.29, 1.82) is 0 Å². The van der Waals surface area contributed by atoms with Crippen LogP contribution in [-0.2, 0) is 11.2 Å². The van der Waals surface area contributed by atoms with E-state index in [0.29, 0.717) is 12.8 Å². The van der Waals surface area contributed by atoms with Gasteiger partial charge >= 0.3 is 0 Å². The van der Waals surface area contributed by atoms with Gasteiger partial charge in [-0.05, 0) is 61.5 Å². The van der Waals surface area contributed by atoms with Gasteiger partial charge in [-0.1, -0.05) is 17.7 Å². The molecule has 1 atom stereocenters. The summed E-state index contributed by atoms with van der Waals surface area (Å²) < 4.78 is 5.37. The Hall–Kier alpha value is -2.79. The number of aromatic nitrogens is 1. The molecule has 138 valence electrons. The van der Waals surface area contributed by atoms with E-state index in [9.17, 15) is 4.79 Å². The summed E-state index contributed by atoms with van der Waals surface area (Å²) in [7, 11) is 0. The highest BCUT2D eigenvalue weighted by Gasteiger charge is 2.17. The van der Waals surface area contributed by atoms with Crippen molar-refractivity contribution in [3.05, 3.63) is 71.0 Å². The second-order valence-corrected chi connectivity index (χ2v) is 7.76. The number of hydrogen-bond donors (Lipinski definition) is 2. The topological polar surface area (TPSA) is 58.0 Å². The second-order valence-electron chi connectivity index (χ2n) is 6.81. The number of fused-ring (bicyclic) bond motifs is 1. The maximum absolute atomic E-state index is 12.5. The van der Waals surface area contributed by atoms with Crippen molar-refractivity contribution < 1.29 is 9.21 Å². The minimum Gasteiger partial charge on any atom is -0.467 e. The monoisotopic (exact) mass is 378 g/mol. The van der Waals surface area contributed by atoms with Crippen molar-refractivity contribution in [3.8, 4) is 10.6 Å². The van der Waals surface area contributed by atoms with Gasteiger partial charge in [0.05, 0.1) is 22.9 Å². The highest BCUT2D eigenvalue weighted by atomic mass is 32.1. The molecule has 5 heteroatoms. The zero-order valence-electron chi connectivity index (χ0n) is 15.4. The van der Waals surface area contributed by atoms with Crippen LogP contribution in [0.4, 0.5) is 0 Å². The van der Waals surface area contributed by atoms with Crippen LogP contribution in [0, 0.1) is 6.92 Å². The number of H-pyrrole nitrogens is 1. The van der Waals surface area contributed by atoms with Crippen LogP contribution >= 0.6 is 11.3 Å². The molecule has 0 unspecified atom stereocenters. The van der Waals surface area contributed by atoms with E-state index >= 15 is 0 Å². The quantitative estimate of drug-likeness (QED) is 0.458. The van der Waals surface area contributed by atoms with E-state index in [1.165, 1.54) is 21.4 Å². The standard InChI is InChI=1S/C22H22N2O2S/c1-14-7-9-18-17(13-14)16(22(24-18)20-6-4-12-27-20)8-10-21(25)23-15(2)19-5-3-11-26-19/h3-7,9,11-13,15,24H,8,10H2,1-2H3,(H,23,25)/t15-/m1/s1. The van der Waals surface area contributed by atoms with Gasteiger partial charge in [-0.3, -0.25) is 4.79 Å². The van der Waals surface area contributed by atoms with Gasteiger partial charge in [-0.25, -0.2) is 0 Å². The summed E-state index contributed by atoms with van der Waals surface area (Å²) in [5.41, 5.74) is 4.66. The molecule has 0 aliphatic carbocycles. The van der Waals surface area contributed by atoms with E-state index in [4.69, 9.17) is 4.42 Å². The van der Waals surface area contributed by atoms with Gasteiger partial charge in [0.25, 0.3) is 0 Å². The van der Waals surface area contributed by atoms with Crippen molar-refractivity contribution in [2.24, 2.45) is 0 Å². The summed E-state index contributed by atoms with van der Waals surface area (Å²) in [4.78, 5) is 17.2. The van der Waals surface area contributed by atoms with Crippen LogP contribution in [0.1, 0.15) is 36.3 Å². The Balaban J connectivity index is 1.56. The Morgan fingerprint density at radius 3 is 2.89 bits per heavy atom. The first-order valence-corrected chi connectivity index (χ1v) is 9.97. The number of carbonyl (C=O) groups excluding carboxylic acids is 1. The van der Waals surface area contributed by atoms with Crippen molar-refractivity contribution >= 4 is 28.1 Å². The predicted molar refractivity (Wildman–Crippen MR) is 110 cm³/mol. The lowest BCUT2D eigenvalue weighted by molar-refractivity contribution is -0.121. The third-order valence-corrected chi connectivity index (χ3v) is 5.67. The molecule has 0 aliphatic rings. The Morgan fingerprint density at radius 2 is 2.15 bits per heavy atom. The maximum Gasteiger partial charge on any atom is 0.220 e. The Kier molecular flexibility index (Phi) is 4.86. The molecule has 4 aromatic rings. The Labute approximate surface area is 162 Å². The number of thiophene rings is 1. The molecule has 0 fully saturated rings. The maximum atomic E-state index is 12.5. The lowest BCUT2D eigenvalue weighted by Gasteiger charge is -2.11.